The van der Waals surface area contributed by atoms with Gasteiger partial charge in [0.1, 0.15) is 6.61 Å². The average Bonchev–Trinajstić information content (AvgIpc) is 2.98. The average molecular weight is 363 g/mol. The van der Waals surface area contributed by atoms with Gasteiger partial charge in [0.25, 0.3) is 0 Å². The number of nitrogens with one attached hydrogen (secondary N) is 2. The minimum Gasteiger partial charge on any atom is -0.485 e. The van der Waals surface area contributed by atoms with Crippen molar-refractivity contribution in [2.75, 3.05) is 12.4 Å². The highest BCUT2D eigenvalue weighted by atomic mass is 32.2. The highest BCUT2D eigenvalue weighted by Gasteiger charge is 2.27. The molecule has 0 saturated carbocycles. The van der Waals surface area contributed by atoms with E-state index in [9.17, 15) is 9.59 Å². The van der Waals surface area contributed by atoms with Crippen LogP contribution in [0.4, 0.5) is 0 Å². The molecule has 3 rings (SSSR count). The van der Waals surface area contributed by atoms with Crippen LogP contribution in [0.2, 0.25) is 0 Å². The number of rotatable bonds is 4. The molecule has 0 radical (unpaired) electrons. The number of amides is 2. The predicted octanol–water partition coefficient (Wildman–Crippen LogP) is 0.587. The highest BCUT2D eigenvalue weighted by molar-refractivity contribution is 7.99. The lowest BCUT2D eigenvalue weighted by molar-refractivity contribution is -0.126. The summed E-state index contributed by atoms with van der Waals surface area (Å²) in [6, 6.07) is 7.43. The first kappa shape index (κ1) is 17.1. The Hall–Kier alpha value is -2.75. The van der Waals surface area contributed by atoms with Gasteiger partial charge in [-0.05, 0) is 12.1 Å². The van der Waals surface area contributed by atoms with Crippen LogP contribution in [0.3, 0.4) is 0 Å². The van der Waals surface area contributed by atoms with Gasteiger partial charge in [0, 0.05) is 14.0 Å². The topological polar surface area (TPSA) is 107 Å². The molecule has 0 saturated heterocycles. The van der Waals surface area contributed by atoms with Gasteiger partial charge in [-0.2, -0.15) is 0 Å². The molecule has 2 amide bonds. The number of hydrogen-bond donors (Lipinski definition) is 2. The number of hydrazine groups is 1. The van der Waals surface area contributed by atoms with Crippen LogP contribution in [0.15, 0.2) is 29.4 Å². The van der Waals surface area contributed by atoms with Crippen molar-refractivity contribution < 1.29 is 19.1 Å². The highest BCUT2D eigenvalue weighted by Crippen LogP contribution is 2.35. The minimum absolute atomic E-state index is 0.0944. The lowest BCUT2D eigenvalue weighted by Crippen LogP contribution is -2.41. The zero-order valence-electron chi connectivity index (χ0n) is 13.7. The molecule has 0 bridgehead atoms. The fraction of sp³-hybridized carbons (Fsp3) is 0.333. The molecule has 1 aliphatic rings. The van der Waals surface area contributed by atoms with Gasteiger partial charge in [-0.25, -0.2) is 0 Å². The van der Waals surface area contributed by atoms with Crippen molar-refractivity contribution in [1.82, 2.24) is 25.6 Å². The first-order valence-corrected chi connectivity index (χ1v) is 8.49. The molecule has 0 spiro atoms. The summed E-state index contributed by atoms with van der Waals surface area (Å²) in [5.41, 5.74) is 4.52. The number of aromatic nitrogens is 3. The maximum Gasteiger partial charge on any atom is 0.248 e. The van der Waals surface area contributed by atoms with Crippen LogP contribution in [-0.2, 0) is 16.6 Å². The van der Waals surface area contributed by atoms with Gasteiger partial charge >= 0.3 is 0 Å². The zero-order chi connectivity index (χ0) is 17.8. The third-order valence-electron chi connectivity index (χ3n) is 3.38. The van der Waals surface area contributed by atoms with Crippen molar-refractivity contribution in [3.05, 3.63) is 30.1 Å². The van der Waals surface area contributed by atoms with E-state index < -0.39 is 0 Å². The van der Waals surface area contributed by atoms with E-state index in [1.165, 1.54) is 18.7 Å². The second-order valence-electron chi connectivity index (χ2n) is 5.28. The predicted molar refractivity (Wildman–Crippen MR) is 89.0 cm³/mol. The number of fused-ring (bicyclic) bond motifs is 1. The first-order valence-electron chi connectivity index (χ1n) is 7.50. The van der Waals surface area contributed by atoms with Crippen LogP contribution in [0.1, 0.15) is 18.9 Å². The normalized spacial score (nSPS) is 15.5. The summed E-state index contributed by atoms with van der Waals surface area (Å²) in [4.78, 5) is 22.4. The lowest BCUT2D eigenvalue weighted by Gasteiger charge is -2.25. The van der Waals surface area contributed by atoms with Gasteiger partial charge in [-0.15, -0.1) is 10.2 Å². The molecular formula is C15H17N5O4S. The lowest BCUT2D eigenvalue weighted by atomic mass is 10.2. The Labute approximate surface area is 148 Å². The van der Waals surface area contributed by atoms with Gasteiger partial charge in [0.2, 0.25) is 11.8 Å². The molecule has 1 aromatic carbocycles. The number of carbonyl (C=O) groups excluding carboxylic acids is 2. The van der Waals surface area contributed by atoms with E-state index in [-0.39, 0.29) is 23.7 Å². The Bertz CT molecular complexity index is 794. The molecule has 2 aromatic rings. The quantitative estimate of drug-likeness (QED) is 0.604. The van der Waals surface area contributed by atoms with Crippen molar-refractivity contribution in [3.63, 3.8) is 0 Å². The van der Waals surface area contributed by atoms with Crippen LogP contribution in [0.25, 0.3) is 0 Å². The summed E-state index contributed by atoms with van der Waals surface area (Å²) in [5, 5.41) is 8.80. The molecule has 2 N–H and O–H groups in total. The molecule has 0 aliphatic carbocycles. The molecule has 0 unspecified atom stereocenters. The van der Waals surface area contributed by atoms with Crippen LogP contribution >= 0.6 is 11.8 Å². The van der Waals surface area contributed by atoms with Gasteiger partial charge in [-0.3, -0.25) is 20.4 Å². The van der Waals surface area contributed by atoms with E-state index in [1.807, 2.05) is 24.3 Å². The Morgan fingerprint density at radius 1 is 1.28 bits per heavy atom. The number of ether oxygens (including phenoxy) is 2. The van der Waals surface area contributed by atoms with Crippen molar-refractivity contribution in [1.29, 1.82) is 0 Å². The number of thioether (sulfide) groups is 1. The van der Waals surface area contributed by atoms with Crippen LogP contribution < -0.4 is 20.3 Å². The summed E-state index contributed by atoms with van der Waals surface area (Å²) >= 11 is 1.21. The number of nitrogens with zero attached hydrogens (tertiary/aromatic N) is 3. The van der Waals surface area contributed by atoms with E-state index in [4.69, 9.17) is 9.47 Å². The number of hydrogen-bond acceptors (Lipinski definition) is 7. The number of carbonyl (C=O) groups is 2. The molecule has 132 valence electrons. The van der Waals surface area contributed by atoms with E-state index in [1.54, 1.807) is 11.6 Å². The first-order chi connectivity index (χ1) is 12.0. The zero-order valence-corrected chi connectivity index (χ0v) is 14.5. The number of benzene rings is 1. The van der Waals surface area contributed by atoms with Gasteiger partial charge in [0.15, 0.2) is 28.6 Å². The van der Waals surface area contributed by atoms with Crippen molar-refractivity contribution >= 4 is 23.6 Å². The summed E-state index contributed by atoms with van der Waals surface area (Å²) in [5.74, 6) is 1.39. The Morgan fingerprint density at radius 3 is 2.80 bits per heavy atom. The summed E-state index contributed by atoms with van der Waals surface area (Å²) in [6.45, 7) is 1.64. The Morgan fingerprint density at radius 2 is 2.04 bits per heavy atom. The molecule has 9 nitrogen and oxygen atoms in total. The molecule has 0 fully saturated rings. The van der Waals surface area contributed by atoms with Crippen LogP contribution in [-0.4, -0.2) is 38.9 Å². The van der Waals surface area contributed by atoms with Crippen LogP contribution in [0.5, 0.6) is 11.5 Å². The van der Waals surface area contributed by atoms with Gasteiger partial charge < -0.3 is 14.0 Å². The van der Waals surface area contributed by atoms with E-state index in [0.717, 1.165) is 0 Å². The van der Waals surface area contributed by atoms with Gasteiger partial charge in [0.05, 0.1) is 5.75 Å². The van der Waals surface area contributed by atoms with Crippen molar-refractivity contribution in [2.24, 2.45) is 7.05 Å². The third-order valence-corrected chi connectivity index (χ3v) is 4.40. The van der Waals surface area contributed by atoms with Crippen molar-refractivity contribution in [3.8, 4) is 11.5 Å². The molecule has 2 heterocycles. The fourth-order valence-electron chi connectivity index (χ4n) is 2.20. The smallest absolute Gasteiger partial charge is 0.248 e. The molecule has 1 aliphatic heterocycles. The summed E-state index contributed by atoms with van der Waals surface area (Å²) in [6.07, 6.45) is -0.380. The maximum absolute atomic E-state index is 11.6. The van der Waals surface area contributed by atoms with E-state index in [2.05, 4.69) is 21.0 Å². The second kappa shape index (κ2) is 7.43. The standard InChI is InChI=1S/C15H17N5O4S/c1-9(21)16-17-13(22)8-25-15-19-18-14(20(15)2)12-7-23-10-5-3-4-6-11(10)24-12/h3-6,12H,7-8H2,1-2H3,(H,16,21)(H,17,22)/t12-/m0/s1. The molecule has 1 aromatic heterocycles. The monoisotopic (exact) mass is 363 g/mol. The van der Waals surface area contributed by atoms with E-state index in [0.29, 0.717) is 29.1 Å². The molecular weight excluding hydrogens is 346 g/mol. The number of para-hydroxylation sites is 2. The molecule has 1 atom stereocenters. The Balaban J connectivity index is 1.62. The fourth-order valence-corrected chi connectivity index (χ4v) is 2.92. The van der Waals surface area contributed by atoms with E-state index >= 15 is 0 Å². The largest absolute Gasteiger partial charge is 0.485 e. The molecule has 10 heteroatoms. The SMILES string of the molecule is CC(=O)NNC(=O)CSc1nnc([C@@H]2COc3ccccc3O2)n1C. The molecule has 25 heavy (non-hydrogen) atoms. The Kier molecular flexibility index (Phi) is 5.08. The second-order valence-corrected chi connectivity index (χ2v) is 6.22. The minimum atomic E-state index is -0.380. The summed E-state index contributed by atoms with van der Waals surface area (Å²) in [7, 11) is 1.80. The third kappa shape index (κ3) is 4.02. The maximum atomic E-state index is 11.6. The van der Waals surface area contributed by atoms with Gasteiger partial charge in [-0.1, -0.05) is 23.9 Å². The van der Waals surface area contributed by atoms with Crippen LogP contribution in [0, 0.1) is 0 Å². The van der Waals surface area contributed by atoms with Crippen molar-refractivity contribution in [2.45, 2.75) is 18.2 Å². The summed E-state index contributed by atoms with van der Waals surface area (Å²) < 4.78 is 13.4.